The molecule has 0 aliphatic rings. The third-order valence-electron chi connectivity index (χ3n) is 16.7. The Hall–Kier alpha value is -2.11. The minimum absolute atomic E-state index is 0.0692. The maximum Gasteiger partial charge on any atom is 0.306 e. The van der Waals surface area contributed by atoms with Gasteiger partial charge in [0.15, 0.2) is 6.10 Å². The standard InChI is InChI=1S/C74H140O6/c1-4-7-10-13-16-19-22-25-28-30-32-33-34-35-36-37-38-39-40-41-43-44-46-49-52-55-58-61-64-67-73(76)79-70-71(69-78-72(75)66-63-60-57-54-51-48-27-24-21-18-15-12-9-6-3)80-74(77)68-65-62-59-56-53-50-47-45-42-31-29-26-23-20-17-14-11-8-5-2/h15,18,24,27,71H,4-14,16-17,19-23,25-26,28-70H2,1-3H3/b18-15-,27-24-. The van der Waals surface area contributed by atoms with Gasteiger partial charge in [0.25, 0.3) is 0 Å². The van der Waals surface area contributed by atoms with Gasteiger partial charge in [0.1, 0.15) is 13.2 Å². The van der Waals surface area contributed by atoms with Gasteiger partial charge in [-0.1, -0.05) is 373 Å². The molecule has 0 N–H and O–H groups in total. The highest BCUT2D eigenvalue weighted by Crippen LogP contribution is 2.19. The molecule has 6 heteroatoms. The molecule has 0 aliphatic heterocycles. The largest absolute Gasteiger partial charge is 0.462 e. The number of rotatable bonds is 68. The van der Waals surface area contributed by atoms with Crippen LogP contribution in [0.25, 0.3) is 0 Å². The molecule has 0 rings (SSSR count). The molecule has 0 aliphatic carbocycles. The molecule has 6 nitrogen and oxygen atoms in total. The molecule has 1 atom stereocenters. The second kappa shape index (κ2) is 69.4. The van der Waals surface area contributed by atoms with Crippen LogP contribution in [0.3, 0.4) is 0 Å². The lowest BCUT2D eigenvalue weighted by atomic mass is 10.0. The van der Waals surface area contributed by atoms with E-state index in [0.29, 0.717) is 19.3 Å². The molecule has 472 valence electrons. The number of unbranched alkanes of at least 4 members (excludes halogenated alkanes) is 53. The van der Waals surface area contributed by atoms with Crippen molar-refractivity contribution in [3.63, 3.8) is 0 Å². The number of allylic oxidation sites excluding steroid dienone is 4. The van der Waals surface area contributed by atoms with E-state index in [-0.39, 0.29) is 31.1 Å². The van der Waals surface area contributed by atoms with Gasteiger partial charge in [-0.2, -0.15) is 0 Å². The Morgan fingerprint density at radius 1 is 0.250 bits per heavy atom. The van der Waals surface area contributed by atoms with Crippen molar-refractivity contribution in [3.05, 3.63) is 24.3 Å². The monoisotopic (exact) mass is 1130 g/mol. The average molecular weight is 1130 g/mol. The highest BCUT2D eigenvalue weighted by molar-refractivity contribution is 5.71. The Bertz CT molecular complexity index is 1290. The first-order chi connectivity index (χ1) is 39.5. The first-order valence-corrected chi connectivity index (χ1v) is 36.3. The summed E-state index contributed by atoms with van der Waals surface area (Å²) in [4.78, 5) is 38.4. The Morgan fingerprint density at radius 3 is 0.725 bits per heavy atom. The van der Waals surface area contributed by atoms with Gasteiger partial charge in [-0.15, -0.1) is 0 Å². The van der Waals surface area contributed by atoms with Gasteiger partial charge in [-0.25, -0.2) is 0 Å². The van der Waals surface area contributed by atoms with E-state index in [1.165, 1.54) is 295 Å². The Labute approximate surface area is 500 Å². The van der Waals surface area contributed by atoms with E-state index in [9.17, 15) is 14.4 Å². The van der Waals surface area contributed by atoms with Crippen LogP contribution in [0.15, 0.2) is 24.3 Å². The van der Waals surface area contributed by atoms with Crippen LogP contribution in [-0.4, -0.2) is 37.2 Å². The summed E-state index contributed by atoms with van der Waals surface area (Å²) >= 11 is 0. The minimum atomic E-state index is -0.774. The Morgan fingerprint density at radius 2 is 0.463 bits per heavy atom. The van der Waals surface area contributed by atoms with Crippen molar-refractivity contribution >= 4 is 17.9 Å². The maximum absolute atomic E-state index is 12.9. The maximum atomic E-state index is 12.9. The topological polar surface area (TPSA) is 78.9 Å². The molecule has 0 spiro atoms. The molecular formula is C74H140O6. The van der Waals surface area contributed by atoms with E-state index in [1.54, 1.807) is 0 Å². The van der Waals surface area contributed by atoms with Crippen LogP contribution in [0.1, 0.15) is 412 Å². The molecule has 0 bridgehead atoms. The highest BCUT2D eigenvalue weighted by Gasteiger charge is 2.19. The van der Waals surface area contributed by atoms with Crippen LogP contribution >= 0.6 is 0 Å². The van der Waals surface area contributed by atoms with Crippen LogP contribution in [0.2, 0.25) is 0 Å². The fraction of sp³-hybridized carbons (Fsp3) is 0.905. The molecule has 0 amide bonds. The summed E-state index contributed by atoms with van der Waals surface area (Å²) < 4.78 is 17.0. The van der Waals surface area contributed by atoms with E-state index in [0.717, 1.165) is 77.0 Å². The van der Waals surface area contributed by atoms with E-state index < -0.39 is 6.10 Å². The molecule has 0 radical (unpaired) electrons. The molecule has 1 unspecified atom stereocenters. The number of carbonyl (C=O) groups excluding carboxylic acids is 3. The van der Waals surface area contributed by atoms with Crippen LogP contribution in [0.4, 0.5) is 0 Å². The van der Waals surface area contributed by atoms with Crippen LogP contribution in [0.5, 0.6) is 0 Å². The predicted octanol–water partition coefficient (Wildman–Crippen LogP) is 25.0. The zero-order chi connectivity index (χ0) is 57.8. The van der Waals surface area contributed by atoms with Gasteiger partial charge in [0.05, 0.1) is 0 Å². The van der Waals surface area contributed by atoms with Crippen molar-refractivity contribution in [2.75, 3.05) is 13.2 Å². The van der Waals surface area contributed by atoms with Crippen molar-refractivity contribution in [1.29, 1.82) is 0 Å². The van der Waals surface area contributed by atoms with Crippen molar-refractivity contribution in [1.82, 2.24) is 0 Å². The molecule has 0 saturated carbocycles. The predicted molar refractivity (Wildman–Crippen MR) is 349 cm³/mol. The molecule has 0 saturated heterocycles. The fourth-order valence-corrected chi connectivity index (χ4v) is 11.2. The van der Waals surface area contributed by atoms with Gasteiger partial charge in [0, 0.05) is 19.3 Å². The summed E-state index contributed by atoms with van der Waals surface area (Å²) in [5.74, 6) is -0.851. The SMILES string of the molecule is CCCC/C=C\C/C=C\CCCCCCCC(=O)OCC(COC(=O)CCCCCCCCCCCCCCCCCCCCCCCCCCCCCCC)OC(=O)CCCCCCCCCCCCCCCCCCCCC. The zero-order valence-corrected chi connectivity index (χ0v) is 54.4. The third kappa shape index (κ3) is 66.7. The molecule has 0 aromatic rings. The first-order valence-electron chi connectivity index (χ1n) is 36.3. The van der Waals surface area contributed by atoms with Gasteiger partial charge in [-0.05, 0) is 44.9 Å². The van der Waals surface area contributed by atoms with Gasteiger partial charge in [-0.3, -0.25) is 14.4 Å². The number of ether oxygens (including phenoxy) is 3. The van der Waals surface area contributed by atoms with Gasteiger partial charge >= 0.3 is 17.9 Å². The lowest BCUT2D eigenvalue weighted by molar-refractivity contribution is -0.167. The quantitative estimate of drug-likeness (QED) is 0.0261. The summed E-state index contributed by atoms with van der Waals surface area (Å²) in [5.41, 5.74) is 0. The van der Waals surface area contributed by atoms with E-state index in [4.69, 9.17) is 14.2 Å². The second-order valence-corrected chi connectivity index (χ2v) is 24.9. The zero-order valence-electron chi connectivity index (χ0n) is 54.4. The summed E-state index contributed by atoms with van der Waals surface area (Å²) in [6.45, 7) is 6.68. The van der Waals surface area contributed by atoms with Crippen molar-refractivity contribution in [2.45, 2.75) is 419 Å². The van der Waals surface area contributed by atoms with Gasteiger partial charge in [0.2, 0.25) is 0 Å². The van der Waals surface area contributed by atoms with E-state index >= 15 is 0 Å². The lowest BCUT2D eigenvalue weighted by Gasteiger charge is -2.18. The highest BCUT2D eigenvalue weighted by atomic mass is 16.6. The lowest BCUT2D eigenvalue weighted by Crippen LogP contribution is -2.30. The third-order valence-corrected chi connectivity index (χ3v) is 16.7. The Kier molecular flexibility index (Phi) is 67.6. The van der Waals surface area contributed by atoms with Crippen LogP contribution in [0, 0.1) is 0 Å². The van der Waals surface area contributed by atoms with Crippen molar-refractivity contribution in [2.24, 2.45) is 0 Å². The first kappa shape index (κ1) is 77.9. The molecule has 0 heterocycles. The van der Waals surface area contributed by atoms with Crippen molar-refractivity contribution in [3.8, 4) is 0 Å². The number of hydrogen-bond acceptors (Lipinski definition) is 6. The molecule has 0 fully saturated rings. The van der Waals surface area contributed by atoms with Crippen LogP contribution in [-0.2, 0) is 28.6 Å². The number of carbonyl (C=O) groups is 3. The summed E-state index contributed by atoms with van der Waals surface area (Å²) in [5, 5.41) is 0. The smallest absolute Gasteiger partial charge is 0.306 e. The van der Waals surface area contributed by atoms with Crippen LogP contribution < -0.4 is 0 Å². The Balaban J connectivity index is 4.17. The summed E-state index contributed by atoms with van der Waals surface area (Å²) in [6.07, 6.45) is 85.1. The summed E-state index contributed by atoms with van der Waals surface area (Å²) in [6, 6.07) is 0. The molecule has 0 aromatic carbocycles. The molecule has 0 aromatic heterocycles. The van der Waals surface area contributed by atoms with Crippen molar-refractivity contribution < 1.29 is 28.6 Å². The molecule has 80 heavy (non-hydrogen) atoms. The van der Waals surface area contributed by atoms with Gasteiger partial charge < -0.3 is 14.2 Å². The summed E-state index contributed by atoms with van der Waals surface area (Å²) in [7, 11) is 0. The van der Waals surface area contributed by atoms with E-state index in [2.05, 4.69) is 45.1 Å². The molecular weight excluding hydrogens is 985 g/mol. The minimum Gasteiger partial charge on any atom is -0.462 e. The van der Waals surface area contributed by atoms with E-state index in [1.807, 2.05) is 0 Å². The fourth-order valence-electron chi connectivity index (χ4n) is 11.2. The second-order valence-electron chi connectivity index (χ2n) is 24.9. The normalized spacial score (nSPS) is 12.1. The number of esters is 3. The number of hydrogen-bond donors (Lipinski definition) is 0. The average Bonchev–Trinajstić information content (AvgIpc) is 3.46.